The van der Waals surface area contributed by atoms with Gasteiger partial charge < -0.3 is 10.1 Å². The highest BCUT2D eigenvalue weighted by molar-refractivity contribution is 14.1. The molecule has 1 aromatic heterocycles. The molecule has 2 N–H and O–H groups in total. The molecule has 0 atom stereocenters. The summed E-state index contributed by atoms with van der Waals surface area (Å²) in [6.07, 6.45) is 0. The number of nitrogens with one attached hydrogen (secondary N) is 1. The topological polar surface area (TPSA) is 75.1 Å². The minimum Gasteiger partial charge on any atom is -0.478 e. The van der Waals surface area contributed by atoms with E-state index in [0.29, 0.717) is 14.8 Å². The van der Waals surface area contributed by atoms with Crippen LogP contribution in [0.25, 0.3) is 16.7 Å². The van der Waals surface area contributed by atoms with E-state index in [2.05, 4.69) is 4.98 Å². The van der Waals surface area contributed by atoms with E-state index < -0.39 is 17.5 Å². The molecule has 3 aromatic rings. The molecule has 0 bridgehead atoms. The average Bonchev–Trinajstić information content (AvgIpc) is 2.74. The van der Waals surface area contributed by atoms with Crippen molar-refractivity contribution in [3.05, 3.63) is 61.8 Å². The van der Waals surface area contributed by atoms with Crippen LogP contribution < -0.4 is 5.69 Å². The fraction of sp³-hybridized carbons (Fsp3) is 0. The molecule has 2 aromatic carbocycles. The number of hydrogen-bond donors (Lipinski definition) is 2. The Bertz CT molecular complexity index is 930. The Morgan fingerprint density at radius 2 is 2.05 bits per heavy atom. The second-order valence-electron chi connectivity index (χ2n) is 4.37. The summed E-state index contributed by atoms with van der Waals surface area (Å²) in [4.78, 5) is 25.9. The van der Waals surface area contributed by atoms with Gasteiger partial charge in [0.05, 0.1) is 22.3 Å². The van der Waals surface area contributed by atoms with E-state index in [1.165, 1.54) is 28.8 Å². The molecule has 0 amide bonds. The first-order chi connectivity index (χ1) is 9.99. The third kappa shape index (κ3) is 2.23. The fourth-order valence-electron chi connectivity index (χ4n) is 2.21. The molecule has 5 nitrogen and oxygen atoms in total. The van der Waals surface area contributed by atoms with Crippen LogP contribution in [0.4, 0.5) is 4.39 Å². The second kappa shape index (κ2) is 4.99. The Balaban J connectivity index is 2.39. The van der Waals surface area contributed by atoms with Gasteiger partial charge in [-0.15, -0.1) is 0 Å². The Kier molecular flexibility index (Phi) is 3.28. The molecule has 0 saturated heterocycles. The van der Waals surface area contributed by atoms with Crippen molar-refractivity contribution in [1.82, 2.24) is 9.55 Å². The number of para-hydroxylation sites is 1. The van der Waals surface area contributed by atoms with E-state index in [9.17, 15) is 14.0 Å². The van der Waals surface area contributed by atoms with Gasteiger partial charge in [0.25, 0.3) is 0 Å². The molecule has 21 heavy (non-hydrogen) atoms. The number of carboxylic acid groups (broad SMARTS) is 1. The second-order valence-corrected chi connectivity index (χ2v) is 5.53. The Labute approximate surface area is 131 Å². The molecule has 0 aliphatic rings. The summed E-state index contributed by atoms with van der Waals surface area (Å²) < 4.78 is 15.1. The monoisotopic (exact) mass is 398 g/mol. The number of aromatic carboxylic acids is 1. The van der Waals surface area contributed by atoms with Gasteiger partial charge in [-0.05, 0) is 52.9 Å². The van der Waals surface area contributed by atoms with E-state index in [1.54, 1.807) is 12.1 Å². The molecule has 0 aliphatic carbocycles. The van der Waals surface area contributed by atoms with Gasteiger partial charge in [0.1, 0.15) is 5.82 Å². The zero-order valence-electron chi connectivity index (χ0n) is 10.4. The fourth-order valence-corrected chi connectivity index (χ4v) is 2.93. The highest BCUT2D eigenvalue weighted by atomic mass is 127. The number of imidazole rings is 1. The summed E-state index contributed by atoms with van der Waals surface area (Å²) in [6, 6.07) is 8.66. The van der Waals surface area contributed by atoms with Gasteiger partial charge in [-0.2, -0.15) is 0 Å². The van der Waals surface area contributed by atoms with E-state index in [1.807, 2.05) is 22.6 Å². The summed E-state index contributed by atoms with van der Waals surface area (Å²) in [5.41, 5.74) is 0.721. The number of H-pyrrole nitrogens is 1. The van der Waals surface area contributed by atoms with Crippen molar-refractivity contribution < 1.29 is 14.3 Å². The first kappa shape index (κ1) is 13.8. The molecular weight excluding hydrogens is 390 g/mol. The number of fused-ring (bicyclic) bond motifs is 1. The number of aromatic nitrogens is 2. The molecule has 0 spiro atoms. The highest BCUT2D eigenvalue weighted by Gasteiger charge is 2.16. The molecule has 0 unspecified atom stereocenters. The van der Waals surface area contributed by atoms with Crippen LogP contribution in [0.15, 0.2) is 41.2 Å². The van der Waals surface area contributed by atoms with Crippen LogP contribution in [0, 0.1) is 9.39 Å². The van der Waals surface area contributed by atoms with Gasteiger partial charge in [0.15, 0.2) is 0 Å². The van der Waals surface area contributed by atoms with Crippen LogP contribution in [0.5, 0.6) is 0 Å². The molecule has 0 saturated carbocycles. The predicted octanol–water partition coefficient (Wildman–Crippen LogP) is 2.76. The lowest BCUT2D eigenvalue weighted by Gasteiger charge is -2.06. The number of carboxylic acids is 1. The zero-order chi connectivity index (χ0) is 15.1. The number of nitrogens with zero attached hydrogens (tertiary/aromatic N) is 1. The summed E-state index contributed by atoms with van der Waals surface area (Å²) in [7, 11) is 0. The van der Waals surface area contributed by atoms with Crippen molar-refractivity contribution in [3.8, 4) is 5.69 Å². The molecule has 0 fully saturated rings. The van der Waals surface area contributed by atoms with Gasteiger partial charge in [-0.25, -0.2) is 14.0 Å². The van der Waals surface area contributed by atoms with Crippen LogP contribution >= 0.6 is 22.6 Å². The van der Waals surface area contributed by atoms with Crippen molar-refractivity contribution in [2.75, 3.05) is 0 Å². The van der Waals surface area contributed by atoms with Crippen molar-refractivity contribution in [2.45, 2.75) is 0 Å². The largest absolute Gasteiger partial charge is 0.478 e. The Morgan fingerprint density at radius 1 is 1.29 bits per heavy atom. The lowest BCUT2D eigenvalue weighted by atomic mass is 10.2. The highest BCUT2D eigenvalue weighted by Crippen LogP contribution is 2.23. The predicted molar refractivity (Wildman–Crippen MR) is 83.5 cm³/mol. The summed E-state index contributed by atoms with van der Waals surface area (Å²) in [5.74, 6) is -1.52. The van der Waals surface area contributed by atoms with E-state index in [-0.39, 0.29) is 11.1 Å². The Morgan fingerprint density at radius 3 is 2.71 bits per heavy atom. The third-order valence-electron chi connectivity index (χ3n) is 3.10. The molecule has 3 rings (SSSR count). The van der Waals surface area contributed by atoms with Gasteiger partial charge in [-0.1, -0.05) is 6.07 Å². The minimum atomic E-state index is -1.12. The molecule has 106 valence electrons. The van der Waals surface area contributed by atoms with Crippen LogP contribution in [0.2, 0.25) is 0 Å². The smallest absolute Gasteiger partial charge is 0.337 e. The average molecular weight is 398 g/mol. The van der Waals surface area contributed by atoms with E-state index in [4.69, 9.17) is 5.11 Å². The molecule has 7 heteroatoms. The lowest BCUT2D eigenvalue weighted by molar-refractivity contribution is 0.0699. The van der Waals surface area contributed by atoms with E-state index in [0.717, 1.165) is 0 Å². The van der Waals surface area contributed by atoms with Gasteiger partial charge in [0.2, 0.25) is 0 Å². The minimum absolute atomic E-state index is 0.0143. The van der Waals surface area contributed by atoms with Gasteiger partial charge in [0, 0.05) is 3.57 Å². The van der Waals surface area contributed by atoms with Crippen LogP contribution in [-0.2, 0) is 0 Å². The van der Waals surface area contributed by atoms with Gasteiger partial charge >= 0.3 is 11.7 Å². The number of benzene rings is 2. The quantitative estimate of drug-likeness (QED) is 0.652. The number of aromatic amines is 1. The number of carbonyl (C=O) groups is 1. The maximum absolute atomic E-state index is 13.2. The molecular formula is C14H8FIN2O3. The molecule has 1 heterocycles. The first-order valence-electron chi connectivity index (χ1n) is 5.91. The van der Waals surface area contributed by atoms with Crippen LogP contribution in [0.3, 0.4) is 0 Å². The van der Waals surface area contributed by atoms with Crippen molar-refractivity contribution in [3.63, 3.8) is 0 Å². The number of rotatable bonds is 2. The lowest BCUT2D eigenvalue weighted by Crippen LogP contribution is -2.15. The SMILES string of the molecule is O=C(O)c1cccc2c1[nH]c(=O)n2-c1ccc(F)cc1I. The molecule has 0 aliphatic heterocycles. The zero-order valence-corrected chi connectivity index (χ0v) is 12.6. The normalized spacial score (nSPS) is 11.0. The standard InChI is InChI=1S/C14H8FIN2O3/c15-7-4-5-10(9(16)6-7)18-11-3-1-2-8(13(19)20)12(11)17-14(18)21/h1-6H,(H,17,21)(H,19,20). The molecule has 0 radical (unpaired) electrons. The van der Waals surface area contributed by atoms with Crippen LogP contribution in [0.1, 0.15) is 10.4 Å². The van der Waals surface area contributed by atoms with E-state index >= 15 is 0 Å². The van der Waals surface area contributed by atoms with Crippen LogP contribution in [-0.4, -0.2) is 20.6 Å². The van der Waals surface area contributed by atoms with Crippen molar-refractivity contribution >= 4 is 39.6 Å². The summed E-state index contributed by atoms with van der Waals surface area (Å²) >= 11 is 1.93. The third-order valence-corrected chi connectivity index (χ3v) is 3.96. The summed E-state index contributed by atoms with van der Waals surface area (Å²) in [5, 5.41) is 9.16. The number of hydrogen-bond acceptors (Lipinski definition) is 2. The summed E-state index contributed by atoms with van der Waals surface area (Å²) in [6.45, 7) is 0. The number of halogens is 2. The van der Waals surface area contributed by atoms with Crippen molar-refractivity contribution in [2.24, 2.45) is 0 Å². The first-order valence-corrected chi connectivity index (χ1v) is 6.99. The van der Waals surface area contributed by atoms with Gasteiger partial charge in [-0.3, -0.25) is 4.57 Å². The van der Waals surface area contributed by atoms with Crippen molar-refractivity contribution in [1.29, 1.82) is 0 Å². The Hall–Kier alpha value is -2.16. The maximum atomic E-state index is 13.2. The maximum Gasteiger partial charge on any atom is 0.337 e.